The Morgan fingerprint density at radius 1 is 1.28 bits per heavy atom. The Kier molecular flexibility index (Phi) is 6.91. The fraction of sp³-hybridized carbons (Fsp3) is 0.571. The second kappa shape index (κ2) is 8.22. The molecule has 2 rings (SSSR count). The second-order valence-electron chi connectivity index (χ2n) is 4.46. The second-order valence-corrected chi connectivity index (χ2v) is 4.46. The monoisotopic (exact) mass is 271 g/mol. The summed E-state index contributed by atoms with van der Waals surface area (Å²) in [4.78, 5) is 0. The fourth-order valence-corrected chi connectivity index (χ4v) is 2.18. The first-order valence-corrected chi connectivity index (χ1v) is 6.39. The Balaban J connectivity index is 0.00000162. The van der Waals surface area contributed by atoms with Crippen LogP contribution < -0.4 is 14.8 Å². The molecule has 3 nitrogen and oxygen atoms in total. The molecule has 0 aliphatic carbocycles. The molecule has 1 aliphatic rings. The highest BCUT2D eigenvalue weighted by Gasteiger charge is 2.11. The van der Waals surface area contributed by atoms with Crippen LogP contribution in [0.5, 0.6) is 11.5 Å². The number of piperidine rings is 1. The molecule has 1 aliphatic heterocycles. The first kappa shape index (κ1) is 15.1. The molecule has 0 aromatic heterocycles. The zero-order valence-corrected chi connectivity index (χ0v) is 11.7. The molecule has 0 saturated carbocycles. The van der Waals surface area contributed by atoms with E-state index in [1.165, 1.54) is 19.3 Å². The topological polar surface area (TPSA) is 30.5 Å². The number of rotatable bonds is 5. The number of halogens is 1. The van der Waals surface area contributed by atoms with E-state index < -0.39 is 0 Å². The highest BCUT2D eigenvalue weighted by atomic mass is 35.5. The van der Waals surface area contributed by atoms with Crippen molar-refractivity contribution in [2.45, 2.75) is 31.7 Å². The molecular formula is C14H22ClNO2. The van der Waals surface area contributed by atoms with Crippen molar-refractivity contribution in [3.05, 3.63) is 24.3 Å². The zero-order chi connectivity index (χ0) is 11.9. The van der Waals surface area contributed by atoms with Gasteiger partial charge >= 0.3 is 0 Å². The Bertz CT molecular complexity index is 340. The number of nitrogens with one attached hydrogen (secondary N) is 1. The van der Waals surface area contributed by atoms with Crippen LogP contribution in [-0.2, 0) is 0 Å². The van der Waals surface area contributed by atoms with Crippen molar-refractivity contribution in [3.63, 3.8) is 0 Å². The summed E-state index contributed by atoms with van der Waals surface area (Å²) in [5, 5.41) is 3.52. The molecule has 1 aromatic rings. The van der Waals surface area contributed by atoms with Crippen LogP contribution in [0.4, 0.5) is 0 Å². The summed E-state index contributed by atoms with van der Waals surface area (Å²) >= 11 is 0. The Hall–Kier alpha value is -0.930. The first-order valence-electron chi connectivity index (χ1n) is 6.39. The van der Waals surface area contributed by atoms with Gasteiger partial charge in [0.15, 0.2) is 0 Å². The van der Waals surface area contributed by atoms with Crippen LogP contribution in [-0.4, -0.2) is 26.3 Å². The minimum absolute atomic E-state index is 0. The zero-order valence-electron chi connectivity index (χ0n) is 10.9. The van der Waals surface area contributed by atoms with Gasteiger partial charge in [0.05, 0.1) is 13.7 Å². The Morgan fingerprint density at radius 2 is 2.11 bits per heavy atom. The largest absolute Gasteiger partial charge is 0.497 e. The number of methoxy groups -OCH3 is 1. The Morgan fingerprint density at radius 3 is 2.83 bits per heavy atom. The molecule has 4 heteroatoms. The van der Waals surface area contributed by atoms with E-state index in [0.717, 1.165) is 31.1 Å². The maximum Gasteiger partial charge on any atom is 0.122 e. The quantitative estimate of drug-likeness (QED) is 0.893. The SMILES string of the molecule is COc1cccc(OCCC2CCCCN2)c1.Cl. The van der Waals surface area contributed by atoms with E-state index in [2.05, 4.69) is 5.32 Å². The van der Waals surface area contributed by atoms with Gasteiger partial charge in [-0.2, -0.15) is 0 Å². The fourth-order valence-electron chi connectivity index (χ4n) is 2.18. The van der Waals surface area contributed by atoms with Gasteiger partial charge in [-0.3, -0.25) is 0 Å². The summed E-state index contributed by atoms with van der Waals surface area (Å²) < 4.78 is 10.9. The predicted molar refractivity (Wildman–Crippen MR) is 76.0 cm³/mol. The van der Waals surface area contributed by atoms with Gasteiger partial charge in [-0.25, -0.2) is 0 Å². The minimum Gasteiger partial charge on any atom is -0.497 e. The van der Waals surface area contributed by atoms with Crippen LogP contribution >= 0.6 is 12.4 Å². The molecule has 1 heterocycles. The van der Waals surface area contributed by atoms with Crippen molar-refractivity contribution < 1.29 is 9.47 Å². The number of benzene rings is 1. The highest BCUT2D eigenvalue weighted by molar-refractivity contribution is 5.85. The van der Waals surface area contributed by atoms with E-state index in [1.807, 2.05) is 24.3 Å². The molecule has 0 radical (unpaired) electrons. The highest BCUT2D eigenvalue weighted by Crippen LogP contribution is 2.19. The van der Waals surface area contributed by atoms with Crippen molar-refractivity contribution in [1.29, 1.82) is 0 Å². The van der Waals surface area contributed by atoms with Crippen molar-refractivity contribution >= 4 is 12.4 Å². The molecule has 1 fully saturated rings. The van der Waals surface area contributed by atoms with Gasteiger partial charge in [-0.15, -0.1) is 12.4 Å². The lowest BCUT2D eigenvalue weighted by molar-refractivity contribution is 0.267. The van der Waals surface area contributed by atoms with Gasteiger partial charge in [0.1, 0.15) is 11.5 Å². The van der Waals surface area contributed by atoms with Crippen molar-refractivity contribution in [2.75, 3.05) is 20.3 Å². The van der Waals surface area contributed by atoms with Gasteiger partial charge in [0.2, 0.25) is 0 Å². The molecule has 1 aromatic carbocycles. The third-order valence-corrected chi connectivity index (χ3v) is 3.19. The van der Waals surface area contributed by atoms with Crippen molar-refractivity contribution in [2.24, 2.45) is 0 Å². The van der Waals surface area contributed by atoms with Crippen LogP contribution in [0.3, 0.4) is 0 Å². The average molecular weight is 272 g/mol. The van der Waals surface area contributed by atoms with Crippen LogP contribution in [0.2, 0.25) is 0 Å². The first-order chi connectivity index (χ1) is 8.38. The maximum atomic E-state index is 5.73. The lowest BCUT2D eigenvalue weighted by Gasteiger charge is -2.23. The van der Waals surface area contributed by atoms with Gasteiger partial charge in [-0.1, -0.05) is 12.5 Å². The smallest absolute Gasteiger partial charge is 0.122 e. The van der Waals surface area contributed by atoms with Crippen LogP contribution in [0.15, 0.2) is 24.3 Å². The standard InChI is InChI=1S/C14H21NO2.ClH/c1-16-13-6-4-7-14(11-13)17-10-8-12-5-2-3-9-15-12;/h4,6-7,11-12,15H,2-3,5,8-10H2,1H3;1H. The molecule has 1 unspecified atom stereocenters. The normalized spacial score (nSPS) is 18.8. The third kappa shape index (κ3) is 4.75. The average Bonchev–Trinajstić information content (AvgIpc) is 2.40. The molecule has 0 bridgehead atoms. The van der Waals surface area contributed by atoms with Crippen LogP contribution in [0, 0.1) is 0 Å². The van der Waals surface area contributed by atoms with Crippen molar-refractivity contribution in [3.8, 4) is 11.5 Å². The van der Waals surface area contributed by atoms with Gasteiger partial charge in [0.25, 0.3) is 0 Å². The van der Waals surface area contributed by atoms with Gasteiger partial charge in [0, 0.05) is 12.1 Å². The maximum absolute atomic E-state index is 5.73. The number of hydrogen-bond donors (Lipinski definition) is 1. The van der Waals surface area contributed by atoms with E-state index in [9.17, 15) is 0 Å². The number of hydrogen-bond acceptors (Lipinski definition) is 3. The predicted octanol–water partition coefficient (Wildman–Crippen LogP) is 3.03. The van der Waals surface area contributed by atoms with E-state index in [1.54, 1.807) is 7.11 Å². The van der Waals surface area contributed by atoms with Gasteiger partial charge < -0.3 is 14.8 Å². The minimum atomic E-state index is 0. The van der Waals surface area contributed by atoms with E-state index in [-0.39, 0.29) is 12.4 Å². The van der Waals surface area contributed by atoms with Gasteiger partial charge in [-0.05, 0) is 37.9 Å². The number of ether oxygens (including phenoxy) is 2. The Labute approximate surface area is 115 Å². The summed E-state index contributed by atoms with van der Waals surface area (Å²) in [5.41, 5.74) is 0. The van der Waals surface area contributed by atoms with Crippen LogP contribution in [0.25, 0.3) is 0 Å². The molecule has 1 saturated heterocycles. The van der Waals surface area contributed by atoms with E-state index >= 15 is 0 Å². The summed E-state index contributed by atoms with van der Waals surface area (Å²) in [6.45, 7) is 1.93. The summed E-state index contributed by atoms with van der Waals surface area (Å²) in [5.74, 6) is 1.73. The van der Waals surface area contributed by atoms with E-state index in [4.69, 9.17) is 9.47 Å². The molecule has 0 amide bonds. The summed E-state index contributed by atoms with van der Waals surface area (Å²) in [6.07, 6.45) is 5.02. The summed E-state index contributed by atoms with van der Waals surface area (Å²) in [6, 6.07) is 8.41. The third-order valence-electron chi connectivity index (χ3n) is 3.19. The summed E-state index contributed by atoms with van der Waals surface area (Å²) in [7, 11) is 1.67. The molecule has 102 valence electrons. The molecule has 0 spiro atoms. The lowest BCUT2D eigenvalue weighted by atomic mass is 10.0. The van der Waals surface area contributed by atoms with Crippen LogP contribution in [0.1, 0.15) is 25.7 Å². The molecule has 1 atom stereocenters. The lowest BCUT2D eigenvalue weighted by Crippen LogP contribution is -2.35. The molecule has 18 heavy (non-hydrogen) atoms. The molecular weight excluding hydrogens is 250 g/mol. The van der Waals surface area contributed by atoms with E-state index in [0.29, 0.717) is 6.04 Å². The van der Waals surface area contributed by atoms with Crippen molar-refractivity contribution in [1.82, 2.24) is 5.32 Å². The molecule has 1 N–H and O–H groups in total.